The Morgan fingerprint density at radius 1 is 1.17 bits per heavy atom. The van der Waals surface area contributed by atoms with E-state index in [0.29, 0.717) is 31.2 Å². The standard InChI is InChI=1S/C42H62BrN3O8/c1-11-14-20-31(48)44-29(24-52-10)34(27-18-16-15-17-19-27)53-39(51)32-33-37(49)46(30(23-47)26(4)13-3)36(42(33)22-28(43)35(32)54-42)38(50)45(21-12-2)41(8,9)25-40(5,6)7/h11-12,15-19,26,28-30,32-36,47H,1-2,13-14,20-25H2,3-10H3,(H,44,48)/t26-,28?,29+,30-,32+,33-,34+,35+,36+,42-/m0/s1. The second-order valence-corrected chi connectivity index (χ2v) is 18.2. The summed E-state index contributed by atoms with van der Waals surface area (Å²) in [7, 11) is 1.51. The zero-order valence-electron chi connectivity index (χ0n) is 33.4. The van der Waals surface area contributed by atoms with Crippen LogP contribution in [-0.4, -0.2) is 106 Å². The van der Waals surface area contributed by atoms with E-state index >= 15 is 9.59 Å². The molecular weight excluding hydrogens is 754 g/mol. The van der Waals surface area contributed by atoms with Crippen LogP contribution in [0.4, 0.5) is 0 Å². The molecule has 11 nitrogen and oxygen atoms in total. The first-order valence-electron chi connectivity index (χ1n) is 19.2. The Morgan fingerprint density at radius 3 is 2.39 bits per heavy atom. The summed E-state index contributed by atoms with van der Waals surface area (Å²) < 4.78 is 18.7. The average molecular weight is 817 g/mol. The molecule has 1 aromatic rings. The fourth-order valence-corrected chi connectivity index (χ4v) is 10.2. The number of nitrogens with zero attached hydrogens (tertiary/aromatic N) is 2. The highest BCUT2D eigenvalue weighted by Crippen LogP contribution is 2.61. The van der Waals surface area contributed by atoms with Gasteiger partial charge in [-0.2, -0.15) is 0 Å². The van der Waals surface area contributed by atoms with Crippen LogP contribution in [0.15, 0.2) is 55.6 Å². The number of benzene rings is 1. The monoisotopic (exact) mass is 815 g/mol. The van der Waals surface area contributed by atoms with E-state index in [0.717, 1.165) is 0 Å². The summed E-state index contributed by atoms with van der Waals surface area (Å²) in [6.07, 6.45) is 3.90. The van der Waals surface area contributed by atoms with E-state index in [-0.39, 0.29) is 54.2 Å². The number of amides is 3. The predicted molar refractivity (Wildman–Crippen MR) is 211 cm³/mol. The van der Waals surface area contributed by atoms with Crippen LogP contribution in [-0.2, 0) is 33.4 Å². The molecule has 3 amide bonds. The fraction of sp³-hybridized carbons (Fsp3) is 0.667. The lowest BCUT2D eigenvalue weighted by atomic mass is 9.70. The van der Waals surface area contributed by atoms with Gasteiger partial charge in [-0.1, -0.05) is 99.5 Å². The molecule has 4 rings (SSSR count). The number of likely N-dealkylation sites (tertiary alicyclic amines) is 1. The summed E-state index contributed by atoms with van der Waals surface area (Å²) in [4.78, 5) is 61.0. The van der Waals surface area contributed by atoms with Gasteiger partial charge < -0.3 is 34.4 Å². The van der Waals surface area contributed by atoms with Crippen LogP contribution in [0.25, 0.3) is 0 Å². The normalized spacial score (nSPS) is 27.1. The number of rotatable bonds is 19. The quantitative estimate of drug-likeness (QED) is 0.103. The molecule has 3 aliphatic rings. The van der Waals surface area contributed by atoms with Crippen LogP contribution in [0.3, 0.4) is 0 Å². The van der Waals surface area contributed by atoms with E-state index in [1.54, 1.807) is 17.1 Å². The Morgan fingerprint density at radius 2 is 1.83 bits per heavy atom. The third kappa shape index (κ3) is 8.82. The summed E-state index contributed by atoms with van der Waals surface area (Å²) in [6.45, 7) is 21.9. The number of esters is 1. The maximum absolute atomic E-state index is 15.3. The first kappa shape index (κ1) is 43.7. The van der Waals surface area contributed by atoms with Crippen molar-refractivity contribution in [1.82, 2.24) is 15.1 Å². The minimum atomic E-state index is -1.37. The highest BCUT2D eigenvalue weighted by molar-refractivity contribution is 9.09. The maximum Gasteiger partial charge on any atom is 0.313 e. The van der Waals surface area contributed by atoms with Crippen molar-refractivity contribution in [1.29, 1.82) is 0 Å². The lowest BCUT2D eigenvalue weighted by Crippen LogP contribution is -2.63. The minimum Gasteiger partial charge on any atom is -0.455 e. The lowest BCUT2D eigenvalue weighted by Gasteiger charge is -2.47. The number of carbonyl (C=O) groups is 4. The highest BCUT2D eigenvalue weighted by Gasteiger charge is 2.78. The van der Waals surface area contributed by atoms with Gasteiger partial charge >= 0.3 is 5.97 Å². The number of allylic oxidation sites excluding steroid dienone is 1. The number of methoxy groups -OCH3 is 1. The number of carbonyl (C=O) groups excluding carboxylic acids is 4. The number of aliphatic hydroxyl groups excluding tert-OH is 1. The van der Waals surface area contributed by atoms with Crippen LogP contribution >= 0.6 is 15.9 Å². The molecule has 3 fully saturated rings. The first-order chi connectivity index (χ1) is 25.4. The minimum absolute atomic E-state index is 0.0472. The van der Waals surface area contributed by atoms with Crippen LogP contribution in [0, 0.1) is 23.2 Å². The summed E-state index contributed by atoms with van der Waals surface area (Å²) in [5.41, 5.74) is -1.51. The van der Waals surface area contributed by atoms with Gasteiger partial charge in [0.25, 0.3) is 0 Å². The summed E-state index contributed by atoms with van der Waals surface area (Å²) in [5, 5.41) is 13.8. The van der Waals surface area contributed by atoms with Gasteiger partial charge in [-0.05, 0) is 50.0 Å². The molecule has 1 aromatic carbocycles. The van der Waals surface area contributed by atoms with Crippen LogP contribution < -0.4 is 5.32 Å². The van der Waals surface area contributed by atoms with Gasteiger partial charge in [-0.15, -0.1) is 13.2 Å². The zero-order chi connectivity index (χ0) is 40.2. The van der Waals surface area contributed by atoms with Gasteiger partial charge in [-0.3, -0.25) is 19.2 Å². The number of aliphatic hydroxyl groups is 1. The molecular formula is C42H62BrN3O8. The van der Waals surface area contributed by atoms with Crippen LogP contribution in [0.5, 0.6) is 0 Å². The van der Waals surface area contributed by atoms with Crippen molar-refractivity contribution >= 4 is 39.6 Å². The first-order valence-corrected chi connectivity index (χ1v) is 20.2. The summed E-state index contributed by atoms with van der Waals surface area (Å²) in [5.74, 6) is -3.93. The van der Waals surface area contributed by atoms with Crippen molar-refractivity contribution in [2.24, 2.45) is 23.2 Å². The maximum atomic E-state index is 15.3. The van der Waals surface area contributed by atoms with Crippen LogP contribution in [0.1, 0.15) is 92.2 Å². The number of hydrogen-bond acceptors (Lipinski definition) is 8. The summed E-state index contributed by atoms with van der Waals surface area (Å²) >= 11 is 3.78. The van der Waals surface area contributed by atoms with Gasteiger partial charge in [0.15, 0.2) is 0 Å². The molecule has 0 saturated carbocycles. The van der Waals surface area contributed by atoms with Gasteiger partial charge in [0.2, 0.25) is 17.7 Å². The van der Waals surface area contributed by atoms with Crippen molar-refractivity contribution in [3.8, 4) is 0 Å². The molecule has 0 radical (unpaired) electrons. The molecule has 3 saturated heterocycles. The largest absolute Gasteiger partial charge is 0.455 e. The van der Waals surface area contributed by atoms with E-state index in [1.165, 1.54) is 12.0 Å². The third-order valence-corrected chi connectivity index (χ3v) is 12.2. The van der Waals surface area contributed by atoms with E-state index in [2.05, 4.69) is 55.2 Å². The van der Waals surface area contributed by atoms with Crippen molar-refractivity contribution in [2.45, 2.75) is 127 Å². The topological polar surface area (TPSA) is 135 Å². The molecule has 54 heavy (non-hydrogen) atoms. The summed E-state index contributed by atoms with van der Waals surface area (Å²) in [6, 6.07) is 6.54. The smallest absolute Gasteiger partial charge is 0.313 e. The molecule has 300 valence electrons. The van der Waals surface area contributed by atoms with Crippen molar-refractivity contribution in [3.05, 3.63) is 61.2 Å². The van der Waals surface area contributed by atoms with Gasteiger partial charge in [0.05, 0.1) is 43.2 Å². The van der Waals surface area contributed by atoms with Gasteiger partial charge in [0.1, 0.15) is 17.7 Å². The molecule has 3 aliphatic heterocycles. The number of halogens is 1. The number of fused-ring (bicyclic) bond motifs is 1. The predicted octanol–water partition coefficient (Wildman–Crippen LogP) is 5.75. The Balaban J connectivity index is 1.82. The number of ether oxygens (including phenoxy) is 3. The number of nitrogens with one attached hydrogen (secondary N) is 1. The van der Waals surface area contributed by atoms with E-state index < -0.39 is 65.2 Å². The fourth-order valence-electron chi connectivity index (χ4n) is 9.22. The molecule has 12 heteroatoms. The van der Waals surface area contributed by atoms with E-state index in [9.17, 15) is 14.7 Å². The molecule has 1 unspecified atom stereocenters. The molecule has 2 N–H and O–H groups in total. The second kappa shape index (κ2) is 17.8. The van der Waals surface area contributed by atoms with Crippen molar-refractivity contribution in [2.75, 3.05) is 26.9 Å². The third-order valence-electron chi connectivity index (χ3n) is 11.4. The van der Waals surface area contributed by atoms with Crippen LogP contribution in [0.2, 0.25) is 0 Å². The van der Waals surface area contributed by atoms with E-state index in [1.807, 2.05) is 58.0 Å². The molecule has 10 atom stereocenters. The molecule has 2 bridgehead atoms. The lowest BCUT2D eigenvalue weighted by molar-refractivity contribution is -0.164. The van der Waals surface area contributed by atoms with E-state index in [4.69, 9.17) is 14.2 Å². The number of alkyl halides is 1. The zero-order valence-corrected chi connectivity index (χ0v) is 35.0. The van der Waals surface area contributed by atoms with Crippen molar-refractivity contribution in [3.63, 3.8) is 0 Å². The van der Waals surface area contributed by atoms with Crippen molar-refractivity contribution < 1.29 is 38.5 Å². The Kier molecular flexibility index (Phi) is 14.4. The van der Waals surface area contributed by atoms with Gasteiger partial charge in [-0.25, -0.2) is 0 Å². The Bertz CT molecular complexity index is 1510. The molecule has 0 aromatic heterocycles. The van der Waals surface area contributed by atoms with Gasteiger partial charge in [0, 0.05) is 30.4 Å². The molecule has 0 aliphatic carbocycles. The Hall–Kier alpha value is -3.06. The SMILES string of the molecule is C=CCCC(=O)N[C@H](COC)[C@H](OC(=O)[C@H]1[C@@H]2O[C@@]3(CC2Br)[C@@H]1C(=O)N([C@@H](CO)[C@@H](C)CC)[C@@H]3C(=O)N(CC=C)C(C)(C)CC(C)(C)C)c1ccccc1. The molecule has 1 spiro atoms. The average Bonchev–Trinajstić information content (AvgIpc) is 3.70. The number of hydrogen-bond donors (Lipinski definition) is 2. The highest BCUT2D eigenvalue weighted by atomic mass is 79.9. The molecule has 3 heterocycles. The Labute approximate surface area is 330 Å². The second-order valence-electron chi connectivity index (χ2n) is 17.1.